The first kappa shape index (κ1) is 14.1. The molecule has 1 amide bonds. The van der Waals surface area contributed by atoms with Crippen LogP contribution in [0.5, 0.6) is 0 Å². The van der Waals surface area contributed by atoms with E-state index in [1.165, 1.54) is 0 Å². The van der Waals surface area contributed by atoms with E-state index in [4.69, 9.17) is 0 Å². The summed E-state index contributed by atoms with van der Waals surface area (Å²) < 4.78 is 0. The fraction of sp³-hybridized carbons (Fsp3) is 0.562. The molecule has 0 spiro atoms. The van der Waals surface area contributed by atoms with E-state index in [1.54, 1.807) is 0 Å². The molecular weight excluding hydrogens is 238 g/mol. The Labute approximate surface area is 115 Å². The number of aliphatic hydroxyl groups is 1. The molecule has 1 fully saturated rings. The third-order valence-corrected chi connectivity index (χ3v) is 4.82. The molecule has 1 saturated carbocycles. The first-order valence-corrected chi connectivity index (χ1v) is 6.95. The lowest BCUT2D eigenvalue weighted by Gasteiger charge is -2.46. The number of benzene rings is 1. The van der Waals surface area contributed by atoms with Crippen LogP contribution in [0.1, 0.15) is 40.0 Å². The van der Waals surface area contributed by atoms with Gasteiger partial charge in [0.05, 0.1) is 11.0 Å². The summed E-state index contributed by atoms with van der Waals surface area (Å²) in [7, 11) is 0. The van der Waals surface area contributed by atoms with Gasteiger partial charge in [-0.3, -0.25) is 4.79 Å². The largest absolute Gasteiger partial charge is 0.390 e. The van der Waals surface area contributed by atoms with Gasteiger partial charge in [-0.2, -0.15) is 0 Å². The minimum Gasteiger partial charge on any atom is -0.390 e. The summed E-state index contributed by atoms with van der Waals surface area (Å²) in [4.78, 5) is 12.6. The highest BCUT2D eigenvalue weighted by molar-refractivity contribution is 5.95. The molecule has 2 rings (SSSR count). The van der Waals surface area contributed by atoms with Gasteiger partial charge >= 0.3 is 0 Å². The summed E-state index contributed by atoms with van der Waals surface area (Å²) in [5, 5.41) is 13.4. The SMILES string of the molecule is C[C@H]1[C@@](C)(O)CCC[C@@]1(C)C(=O)Nc1ccccc1. The number of rotatable bonds is 2. The number of anilines is 1. The van der Waals surface area contributed by atoms with Crippen molar-refractivity contribution < 1.29 is 9.90 Å². The fourth-order valence-corrected chi connectivity index (χ4v) is 3.04. The monoisotopic (exact) mass is 261 g/mol. The third-order valence-electron chi connectivity index (χ3n) is 4.82. The zero-order valence-electron chi connectivity index (χ0n) is 11.9. The van der Waals surface area contributed by atoms with Crippen LogP contribution in [0.15, 0.2) is 30.3 Å². The molecule has 1 aromatic carbocycles. The van der Waals surface area contributed by atoms with Crippen molar-refractivity contribution in [3.63, 3.8) is 0 Å². The number of amides is 1. The molecule has 3 heteroatoms. The molecule has 2 N–H and O–H groups in total. The normalized spacial score (nSPS) is 34.8. The van der Waals surface area contributed by atoms with Gasteiger partial charge in [-0.15, -0.1) is 0 Å². The van der Waals surface area contributed by atoms with E-state index in [1.807, 2.05) is 51.1 Å². The molecule has 3 nitrogen and oxygen atoms in total. The van der Waals surface area contributed by atoms with E-state index in [9.17, 15) is 9.90 Å². The number of hydrogen-bond acceptors (Lipinski definition) is 2. The topological polar surface area (TPSA) is 49.3 Å². The van der Waals surface area contributed by atoms with Crippen LogP contribution >= 0.6 is 0 Å². The van der Waals surface area contributed by atoms with Gasteiger partial charge in [0.25, 0.3) is 0 Å². The average Bonchev–Trinajstić information content (AvgIpc) is 2.37. The summed E-state index contributed by atoms with van der Waals surface area (Å²) in [5.74, 6) is -0.0522. The van der Waals surface area contributed by atoms with Crippen molar-refractivity contribution in [2.75, 3.05) is 5.32 Å². The predicted molar refractivity (Wildman–Crippen MR) is 76.8 cm³/mol. The molecule has 0 aromatic heterocycles. The van der Waals surface area contributed by atoms with Gasteiger partial charge in [0, 0.05) is 5.69 Å². The molecule has 0 radical (unpaired) electrons. The van der Waals surface area contributed by atoms with Crippen LogP contribution in [0.25, 0.3) is 0 Å². The summed E-state index contributed by atoms with van der Waals surface area (Å²) in [6.45, 7) is 5.78. The maximum atomic E-state index is 12.6. The van der Waals surface area contributed by atoms with Crippen molar-refractivity contribution in [2.24, 2.45) is 11.3 Å². The first-order valence-electron chi connectivity index (χ1n) is 6.95. The molecule has 19 heavy (non-hydrogen) atoms. The minimum absolute atomic E-state index is 0.00572. The smallest absolute Gasteiger partial charge is 0.230 e. The lowest BCUT2D eigenvalue weighted by Crippen LogP contribution is -2.52. The molecule has 0 bridgehead atoms. The van der Waals surface area contributed by atoms with E-state index in [2.05, 4.69) is 5.32 Å². The molecule has 1 aliphatic rings. The van der Waals surface area contributed by atoms with Crippen LogP contribution in [0.3, 0.4) is 0 Å². The Morgan fingerprint density at radius 3 is 2.53 bits per heavy atom. The Morgan fingerprint density at radius 2 is 1.89 bits per heavy atom. The minimum atomic E-state index is -0.763. The standard InChI is InChI=1S/C16H23NO2/c1-12-15(2,10-7-11-16(12,3)19)14(18)17-13-8-5-4-6-9-13/h4-6,8-9,12,19H,7,10-11H2,1-3H3,(H,17,18)/t12-,15-,16+/m1/s1. The van der Waals surface area contributed by atoms with E-state index >= 15 is 0 Å². The van der Waals surface area contributed by atoms with E-state index in [0.717, 1.165) is 24.9 Å². The van der Waals surface area contributed by atoms with E-state index < -0.39 is 11.0 Å². The molecule has 3 atom stereocenters. The number of hydrogen-bond donors (Lipinski definition) is 2. The Balaban J connectivity index is 2.17. The lowest BCUT2D eigenvalue weighted by molar-refractivity contribution is -0.142. The highest BCUT2D eigenvalue weighted by Gasteiger charge is 2.49. The van der Waals surface area contributed by atoms with Crippen molar-refractivity contribution in [3.05, 3.63) is 30.3 Å². The molecule has 104 valence electrons. The molecule has 1 aliphatic carbocycles. The maximum Gasteiger partial charge on any atom is 0.230 e. The zero-order chi connectivity index (χ0) is 14.1. The van der Waals surface area contributed by atoms with Crippen LogP contribution in [0, 0.1) is 11.3 Å². The summed E-state index contributed by atoms with van der Waals surface area (Å²) in [6, 6.07) is 9.49. The van der Waals surface area contributed by atoms with Crippen LogP contribution in [-0.4, -0.2) is 16.6 Å². The Kier molecular flexibility index (Phi) is 3.68. The number of nitrogens with one attached hydrogen (secondary N) is 1. The van der Waals surface area contributed by atoms with Gasteiger partial charge < -0.3 is 10.4 Å². The quantitative estimate of drug-likeness (QED) is 0.859. The molecule has 1 aromatic rings. The number of carbonyl (C=O) groups excluding carboxylic acids is 1. The van der Waals surface area contributed by atoms with Gasteiger partial charge in [0.15, 0.2) is 0 Å². The molecule has 0 heterocycles. The fourth-order valence-electron chi connectivity index (χ4n) is 3.04. The van der Waals surface area contributed by atoms with Crippen molar-refractivity contribution in [3.8, 4) is 0 Å². The Hall–Kier alpha value is -1.35. The zero-order valence-corrected chi connectivity index (χ0v) is 11.9. The average molecular weight is 261 g/mol. The van der Waals surface area contributed by atoms with Crippen LogP contribution in [-0.2, 0) is 4.79 Å². The summed E-state index contributed by atoms with van der Waals surface area (Å²) in [6.07, 6.45) is 2.47. The highest BCUT2D eigenvalue weighted by atomic mass is 16.3. The molecule has 0 unspecified atom stereocenters. The van der Waals surface area contributed by atoms with E-state index in [0.29, 0.717) is 0 Å². The van der Waals surface area contributed by atoms with Crippen molar-refractivity contribution in [2.45, 2.75) is 45.6 Å². The van der Waals surface area contributed by atoms with Gasteiger partial charge in [0.2, 0.25) is 5.91 Å². The van der Waals surface area contributed by atoms with Gasteiger partial charge in [-0.05, 0) is 44.2 Å². The van der Waals surface area contributed by atoms with Crippen molar-refractivity contribution in [1.82, 2.24) is 0 Å². The number of carbonyl (C=O) groups is 1. The molecule has 0 saturated heterocycles. The Morgan fingerprint density at radius 1 is 1.26 bits per heavy atom. The van der Waals surface area contributed by atoms with Crippen molar-refractivity contribution in [1.29, 1.82) is 0 Å². The molecule has 0 aliphatic heterocycles. The van der Waals surface area contributed by atoms with Crippen LogP contribution in [0.2, 0.25) is 0 Å². The predicted octanol–water partition coefficient (Wildman–Crippen LogP) is 3.20. The van der Waals surface area contributed by atoms with Crippen molar-refractivity contribution >= 4 is 11.6 Å². The van der Waals surface area contributed by atoms with Gasteiger partial charge in [-0.1, -0.05) is 32.0 Å². The molecular formula is C16H23NO2. The highest BCUT2D eigenvalue weighted by Crippen LogP contribution is 2.46. The van der Waals surface area contributed by atoms with Gasteiger partial charge in [-0.25, -0.2) is 0 Å². The third kappa shape index (κ3) is 2.66. The maximum absolute atomic E-state index is 12.6. The first-order chi connectivity index (χ1) is 8.86. The van der Waals surface area contributed by atoms with E-state index in [-0.39, 0.29) is 11.8 Å². The summed E-state index contributed by atoms with van der Waals surface area (Å²) in [5.41, 5.74) is -0.468. The van der Waals surface area contributed by atoms with Crippen LogP contribution < -0.4 is 5.32 Å². The second-order valence-corrected chi connectivity index (χ2v) is 6.17. The lowest BCUT2D eigenvalue weighted by atomic mass is 9.61. The number of para-hydroxylation sites is 1. The Bertz CT molecular complexity index is 455. The second kappa shape index (κ2) is 4.97. The second-order valence-electron chi connectivity index (χ2n) is 6.17. The van der Waals surface area contributed by atoms with Gasteiger partial charge in [0.1, 0.15) is 0 Å². The summed E-state index contributed by atoms with van der Waals surface area (Å²) >= 11 is 0. The van der Waals surface area contributed by atoms with Crippen LogP contribution in [0.4, 0.5) is 5.69 Å².